The van der Waals surface area contributed by atoms with Crippen LogP contribution in [0.3, 0.4) is 0 Å². The summed E-state index contributed by atoms with van der Waals surface area (Å²) in [7, 11) is 1.17. The SMILES string of the molecule is CCC1CN(C(/C(N)=N/N(C)N)c2cc(C(F)(F)F)cc(C(F)(F)F)c2)c2cc(C(F)(F)F)ccc2N1C(=O)OCC(C)C. The van der Waals surface area contributed by atoms with Crippen LogP contribution in [-0.2, 0) is 23.3 Å². The number of halogens is 9. The van der Waals surface area contributed by atoms with E-state index in [9.17, 15) is 44.3 Å². The van der Waals surface area contributed by atoms with E-state index in [1.807, 2.05) is 0 Å². The standard InChI is InChI=1S/C27H31F9N6O2/c1-5-19-12-41(21-11-16(25(28,29)30)6-7-20(21)42(19)24(43)44-13-14(2)3)22(23(37)39-40(4)38)15-8-17(26(31,32)33)10-18(9-15)27(34,35)36/h6-11,14,19,22H,5,12-13,38H2,1-4H3,(H2,37,39). The first-order chi connectivity index (χ1) is 20.1. The summed E-state index contributed by atoms with van der Waals surface area (Å²) >= 11 is 0. The van der Waals surface area contributed by atoms with Crippen LogP contribution in [0.25, 0.3) is 0 Å². The van der Waals surface area contributed by atoms with Crippen molar-refractivity contribution in [3.8, 4) is 0 Å². The van der Waals surface area contributed by atoms with Gasteiger partial charge in [0.2, 0.25) is 0 Å². The molecule has 0 saturated heterocycles. The van der Waals surface area contributed by atoms with Gasteiger partial charge >= 0.3 is 24.6 Å². The van der Waals surface area contributed by atoms with Crippen LogP contribution in [0, 0.1) is 5.92 Å². The summed E-state index contributed by atoms with van der Waals surface area (Å²) < 4.78 is 130. The number of carbonyl (C=O) groups excluding carboxylic acids is 1. The van der Waals surface area contributed by atoms with Gasteiger partial charge in [-0.2, -0.15) is 39.5 Å². The molecule has 1 aliphatic rings. The lowest BCUT2D eigenvalue weighted by Gasteiger charge is -2.46. The van der Waals surface area contributed by atoms with Gasteiger partial charge in [-0.1, -0.05) is 20.8 Å². The number of nitrogens with zero attached hydrogens (tertiary/aromatic N) is 4. The third-order valence-corrected chi connectivity index (χ3v) is 6.64. The molecule has 0 radical (unpaired) electrons. The molecule has 0 fully saturated rings. The Balaban J connectivity index is 2.39. The van der Waals surface area contributed by atoms with Crippen molar-refractivity contribution in [3.63, 3.8) is 0 Å². The van der Waals surface area contributed by atoms with Crippen molar-refractivity contribution in [2.75, 3.05) is 30.0 Å². The van der Waals surface area contributed by atoms with E-state index in [0.717, 1.165) is 15.9 Å². The highest BCUT2D eigenvalue weighted by Crippen LogP contribution is 2.46. The smallest absolute Gasteiger partial charge is 0.416 e. The number of hydrazine groups is 1. The summed E-state index contributed by atoms with van der Waals surface area (Å²) in [5, 5.41) is 4.43. The molecule has 0 spiro atoms. The second-order valence-electron chi connectivity index (χ2n) is 10.6. The Labute approximate surface area is 247 Å². The van der Waals surface area contributed by atoms with E-state index in [1.165, 1.54) is 7.05 Å². The molecule has 1 amide bonds. The molecule has 0 saturated carbocycles. The zero-order chi connectivity index (χ0) is 33.4. The normalized spacial score (nSPS) is 17.1. The highest BCUT2D eigenvalue weighted by atomic mass is 19.4. The molecule has 0 aliphatic carbocycles. The Morgan fingerprint density at radius 3 is 1.95 bits per heavy atom. The number of anilines is 2. The first-order valence-electron chi connectivity index (χ1n) is 13.2. The van der Waals surface area contributed by atoms with Crippen molar-refractivity contribution in [1.29, 1.82) is 0 Å². The van der Waals surface area contributed by atoms with Gasteiger partial charge in [-0.15, -0.1) is 5.10 Å². The number of rotatable bonds is 7. The molecule has 8 nitrogen and oxygen atoms in total. The predicted octanol–water partition coefficient (Wildman–Crippen LogP) is 6.76. The number of fused-ring (bicyclic) bond motifs is 1. The fourth-order valence-electron chi connectivity index (χ4n) is 4.73. The summed E-state index contributed by atoms with van der Waals surface area (Å²) in [6.45, 7) is 4.75. The van der Waals surface area contributed by atoms with Gasteiger partial charge in [0.05, 0.1) is 40.7 Å². The maximum Gasteiger partial charge on any atom is 0.416 e. The number of alkyl halides is 9. The van der Waals surface area contributed by atoms with Crippen molar-refractivity contribution < 1.29 is 49.0 Å². The Morgan fingerprint density at radius 2 is 1.50 bits per heavy atom. The van der Waals surface area contributed by atoms with E-state index in [-0.39, 0.29) is 42.9 Å². The third kappa shape index (κ3) is 7.78. The minimum absolute atomic E-state index is 0.0268. The maximum absolute atomic E-state index is 13.9. The molecule has 2 aromatic carbocycles. The third-order valence-electron chi connectivity index (χ3n) is 6.64. The Kier molecular flexibility index (Phi) is 9.92. The number of ether oxygens (including phenoxy) is 1. The average Bonchev–Trinajstić information content (AvgIpc) is 2.89. The molecule has 2 unspecified atom stereocenters. The number of amidine groups is 1. The van der Waals surface area contributed by atoms with Crippen LogP contribution in [0.5, 0.6) is 0 Å². The number of benzene rings is 2. The number of hydrogen-bond acceptors (Lipinski definition) is 6. The van der Waals surface area contributed by atoms with Gasteiger partial charge in [-0.3, -0.25) is 4.90 Å². The predicted molar refractivity (Wildman–Crippen MR) is 144 cm³/mol. The second kappa shape index (κ2) is 12.6. The van der Waals surface area contributed by atoms with E-state index in [1.54, 1.807) is 20.8 Å². The van der Waals surface area contributed by atoms with Crippen LogP contribution >= 0.6 is 0 Å². The fourth-order valence-corrected chi connectivity index (χ4v) is 4.73. The number of carbonyl (C=O) groups is 1. The monoisotopic (exact) mass is 642 g/mol. The van der Waals surface area contributed by atoms with E-state index in [4.69, 9.17) is 16.3 Å². The van der Waals surface area contributed by atoms with Crippen LogP contribution in [0.4, 0.5) is 55.7 Å². The van der Waals surface area contributed by atoms with Crippen molar-refractivity contribution in [2.45, 2.75) is 57.8 Å². The van der Waals surface area contributed by atoms with Gasteiger partial charge in [0.25, 0.3) is 0 Å². The molecule has 17 heteroatoms. The average molecular weight is 643 g/mol. The van der Waals surface area contributed by atoms with Crippen LogP contribution < -0.4 is 21.4 Å². The lowest BCUT2D eigenvalue weighted by atomic mass is 9.94. The van der Waals surface area contributed by atoms with Crippen molar-refractivity contribution in [1.82, 2.24) is 5.12 Å². The largest absolute Gasteiger partial charge is 0.449 e. The van der Waals surface area contributed by atoms with Gasteiger partial charge in [-0.25, -0.2) is 15.8 Å². The molecule has 1 heterocycles. The van der Waals surface area contributed by atoms with Crippen LogP contribution in [0.15, 0.2) is 41.5 Å². The van der Waals surface area contributed by atoms with Gasteiger partial charge in [0.1, 0.15) is 11.9 Å². The molecule has 2 atom stereocenters. The van der Waals surface area contributed by atoms with Crippen LogP contribution in [-0.4, -0.2) is 43.3 Å². The lowest BCUT2D eigenvalue weighted by Crippen LogP contribution is -2.54. The van der Waals surface area contributed by atoms with Crippen molar-refractivity contribution in [3.05, 3.63) is 58.7 Å². The van der Waals surface area contributed by atoms with E-state index in [2.05, 4.69) is 5.10 Å². The molecule has 244 valence electrons. The summed E-state index contributed by atoms with van der Waals surface area (Å²) in [6, 6.07) is 0.393. The number of hydrazone groups is 1. The first kappa shape index (κ1) is 34.6. The van der Waals surface area contributed by atoms with Crippen LogP contribution in [0.2, 0.25) is 0 Å². The van der Waals surface area contributed by atoms with Crippen molar-refractivity contribution >= 4 is 23.3 Å². The summed E-state index contributed by atoms with van der Waals surface area (Å²) in [6.07, 6.45) is -16.1. The molecule has 44 heavy (non-hydrogen) atoms. The molecule has 1 aliphatic heterocycles. The lowest BCUT2D eigenvalue weighted by molar-refractivity contribution is -0.143. The van der Waals surface area contributed by atoms with Gasteiger partial charge < -0.3 is 15.4 Å². The second-order valence-corrected chi connectivity index (χ2v) is 10.6. The fraction of sp³-hybridized carbons (Fsp3) is 0.481. The van der Waals surface area contributed by atoms with Gasteiger partial charge in [0.15, 0.2) is 0 Å². The Bertz CT molecular complexity index is 1340. The minimum atomic E-state index is -5.23. The van der Waals surface area contributed by atoms with E-state index >= 15 is 0 Å². The van der Waals surface area contributed by atoms with Crippen LogP contribution in [0.1, 0.15) is 55.5 Å². The van der Waals surface area contributed by atoms with Gasteiger partial charge in [-0.05, 0) is 54.3 Å². The summed E-state index contributed by atoms with van der Waals surface area (Å²) in [4.78, 5) is 15.4. The van der Waals surface area contributed by atoms with E-state index in [0.29, 0.717) is 29.4 Å². The summed E-state index contributed by atoms with van der Waals surface area (Å²) in [5.74, 6) is 4.83. The number of nitrogens with two attached hydrogens (primary N) is 2. The summed E-state index contributed by atoms with van der Waals surface area (Å²) in [5.41, 5.74) is 0.427. The quantitative estimate of drug-likeness (QED) is 0.114. The highest BCUT2D eigenvalue weighted by Gasteiger charge is 2.43. The minimum Gasteiger partial charge on any atom is -0.449 e. The zero-order valence-corrected chi connectivity index (χ0v) is 24.0. The van der Waals surface area contributed by atoms with Gasteiger partial charge in [0, 0.05) is 13.6 Å². The first-order valence-corrected chi connectivity index (χ1v) is 13.2. The molecule has 0 bridgehead atoms. The molecule has 3 rings (SSSR count). The van der Waals surface area contributed by atoms with Crippen molar-refractivity contribution in [2.24, 2.45) is 22.6 Å². The highest BCUT2D eigenvalue weighted by molar-refractivity contribution is 5.97. The van der Waals surface area contributed by atoms with E-state index < -0.39 is 64.8 Å². The Morgan fingerprint density at radius 1 is 0.955 bits per heavy atom. The molecular weight excluding hydrogens is 611 g/mol. The molecule has 2 aromatic rings. The number of amides is 1. The topological polar surface area (TPSA) is 100 Å². The zero-order valence-electron chi connectivity index (χ0n) is 24.0. The molecule has 4 N–H and O–H groups in total. The number of hydrogen-bond donors (Lipinski definition) is 2. The molecular formula is C27H31F9N6O2. The Hall–Kier alpha value is -3.89. The molecule has 0 aromatic heterocycles. The maximum atomic E-state index is 13.9.